The van der Waals surface area contributed by atoms with Gasteiger partial charge in [0.15, 0.2) is 0 Å². The zero-order valence-corrected chi connectivity index (χ0v) is 17.0. The molecule has 0 aliphatic rings. The molecule has 138 valence electrons. The molecule has 0 spiro atoms. The van der Waals surface area contributed by atoms with Crippen molar-refractivity contribution in [3.63, 3.8) is 0 Å². The Balaban J connectivity index is 2.03. The number of nitrogen functional groups attached to an aromatic ring is 1. The minimum atomic E-state index is -0.421. The number of nitrogens with two attached hydrogens (primary N) is 1. The lowest BCUT2D eigenvalue weighted by molar-refractivity contribution is 0.636. The average molecular weight is 505 g/mol. The van der Waals surface area contributed by atoms with Crippen LogP contribution in [-0.2, 0) is 0 Å². The third-order valence-electron chi connectivity index (χ3n) is 4.90. The van der Waals surface area contributed by atoms with Gasteiger partial charge in [-0.3, -0.25) is 9.89 Å². The van der Waals surface area contributed by atoms with E-state index >= 15 is 0 Å². The summed E-state index contributed by atoms with van der Waals surface area (Å²) in [7, 11) is 0. The third kappa shape index (κ3) is 2.43. The highest BCUT2D eigenvalue weighted by Crippen LogP contribution is 2.39. The zero-order chi connectivity index (χ0) is 19.6. The number of fused-ring (bicyclic) bond motifs is 4. The molecule has 4 N–H and O–H groups in total. The van der Waals surface area contributed by atoms with Gasteiger partial charge in [0.05, 0.1) is 11.7 Å². The van der Waals surface area contributed by atoms with E-state index in [1.807, 2.05) is 24.3 Å². The number of pyridine rings is 1. The molecule has 0 radical (unpaired) electrons. The average Bonchev–Trinajstić information content (AvgIpc) is 3.16. The fraction of sp³-hybridized carbons (Fsp3) is 0. The molecular weight excluding hydrogens is 494 g/mol. The van der Waals surface area contributed by atoms with Crippen molar-refractivity contribution in [1.82, 2.24) is 15.2 Å². The summed E-state index contributed by atoms with van der Waals surface area (Å²) in [4.78, 5) is 15.5. The summed E-state index contributed by atoms with van der Waals surface area (Å²) in [6.07, 6.45) is 1.53. The topological polar surface area (TPSA) is 87.6 Å². The Kier molecular flexibility index (Phi) is 3.85. The molecule has 5 aromatic rings. The van der Waals surface area contributed by atoms with Gasteiger partial charge in [-0.25, -0.2) is 4.39 Å². The predicted molar refractivity (Wildman–Crippen MR) is 119 cm³/mol. The van der Waals surface area contributed by atoms with Gasteiger partial charge in [0.1, 0.15) is 17.0 Å². The molecule has 28 heavy (non-hydrogen) atoms. The number of benzene rings is 3. The molecule has 5 rings (SSSR count). The maximum absolute atomic E-state index is 14.1. The Morgan fingerprint density at radius 2 is 1.86 bits per heavy atom. The molecule has 0 atom stereocenters. The number of nitrogens with one attached hydrogen (secondary N) is 2. The van der Waals surface area contributed by atoms with Crippen molar-refractivity contribution in [3.8, 4) is 11.1 Å². The van der Waals surface area contributed by atoms with Crippen LogP contribution in [0, 0.1) is 9.39 Å². The Morgan fingerprint density at radius 1 is 1.04 bits per heavy atom. The van der Waals surface area contributed by atoms with Crippen molar-refractivity contribution < 1.29 is 4.39 Å². The Bertz CT molecular complexity index is 1490. The maximum Gasteiger partial charge on any atom is 0.272 e. The highest BCUT2D eigenvalue weighted by molar-refractivity contribution is 14.1. The lowest BCUT2D eigenvalue weighted by Crippen LogP contribution is -2.14. The van der Waals surface area contributed by atoms with E-state index in [9.17, 15) is 9.18 Å². The Hall–Kier alpha value is -2.65. The monoisotopic (exact) mass is 504 g/mol. The van der Waals surface area contributed by atoms with Crippen LogP contribution in [-0.4, -0.2) is 15.2 Å². The number of nitrogens with zero attached hydrogens (tertiary/aromatic N) is 1. The van der Waals surface area contributed by atoms with Crippen molar-refractivity contribution in [1.29, 1.82) is 0 Å². The number of hydrogen-bond acceptors (Lipinski definition) is 3. The van der Waals surface area contributed by atoms with Crippen LogP contribution in [0.2, 0.25) is 5.02 Å². The zero-order valence-electron chi connectivity index (χ0n) is 14.1. The van der Waals surface area contributed by atoms with E-state index in [1.165, 1.54) is 12.3 Å². The van der Waals surface area contributed by atoms with E-state index < -0.39 is 11.4 Å². The lowest BCUT2D eigenvalue weighted by atomic mass is 9.95. The number of rotatable bonds is 1. The summed E-state index contributed by atoms with van der Waals surface area (Å²) < 4.78 is 15.1. The van der Waals surface area contributed by atoms with Crippen LogP contribution in [0.3, 0.4) is 0 Å². The Labute approximate surface area is 175 Å². The highest BCUT2D eigenvalue weighted by atomic mass is 127. The van der Waals surface area contributed by atoms with Crippen molar-refractivity contribution >= 4 is 72.5 Å². The molecule has 0 unspecified atom stereocenters. The first-order valence-corrected chi connectivity index (χ1v) is 9.76. The first-order chi connectivity index (χ1) is 13.5. The Morgan fingerprint density at radius 3 is 2.68 bits per heavy atom. The first kappa shape index (κ1) is 17.4. The van der Waals surface area contributed by atoms with Gasteiger partial charge in [-0.05, 0) is 57.8 Å². The second kappa shape index (κ2) is 6.18. The third-order valence-corrected chi connectivity index (χ3v) is 6.03. The van der Waals surface area contributed by atoms with Crippen molar-refractivity contribution in [2.24, 2.45) is 0 Å². The molecule has 0 saturated heterocycles. The van der Waals surface area contributed by atoms with Crippen LogP contribution in [0.15, 0.2) is 47.4 Å². The van der Waals surface area contributed by atoms with Gasteiger partial charge in [-0.15, -0.1) is 0 Å². The molecule has 2 aromatic heterocycles. The molecule has 0 bridgehead atoms. The second-order valence-corrected chi connectivity index (χ2v) is 8.07. The quantitative estimate of drug-likeness (QED) is 0.216. The van der Waals surface area contributed by atoms with Crippen LogP contribution in [0.1, 0.15) is 0 Å². The molecular formula is C20H11ClFIN4O. The summed E-state index contributed by atoms with van der Waals surface area (Å²) in [5, 5.41) is 10.3. The van der Waals surface area contributed by atoms with Gasteiger partial charge in [0.2, 0.25) is 0 Å². The molecule has 0 aliphatic carbocycles. The standard InChI is InChI=1S/C20H11ClFIN4O/c21-8-1-2-9-11(5-8)18-12(6-15(9)23)16(17(24)20(28)26-18)10-3-4-14(22)19-13(10)7-25-27-19/h1-7H,24H2,(H,25,27)(H,26,28). The normalized spacial score (nSPS) is 11.7. The fourth-order valence-corrected chi connectivity index (χ4v) is 4.59. The molecule has 0 aliphatic heterocycles. The van der Waals surface area contributed by atoms with E-state index in [4.69, 9.17) is 17.3 Å². The van der Waals surface area contributed by atoms with Gasteiger partial charge in [0.25, 0.3) is 5.56 Å². The molecule has 5 nitrogen and oxygen atoms in total. The molecule has 8 heteroatoms. The SMILES string of the molecule is Nc1c(-c2ccc(F)c3[nH]ncc23)c2cc(I)c3ccc(Cl)cc3c2[nH]c1=O. The van der Waals surface area contributed by atoms with Gasteiger partial charge in [-0.2, -0.15) is 5.10 Å². The molecule has 3 aromatic carbocycles. The number of H-pyrrole nitrogens is 2. The molecule has 0 amide bonds. The van der Waals surface area contributed by atoms with Crippen LogP contribution in [0.25, 0.3) is 43.7 Å². The van der Waals surface area contributed by atoms with E-state index in [-0.39, 0.29) is 11.2 Å². The van der Waals surface area contributed by atoms with E-state index in [2.05, 4.69) is 37.8 Å². The minimum Gasteiger partial charge on any atom is -0.394 e. The highest BCUT2D eigenvalue weighted by Gasteiger charge is 2.19. The van der Waals surface area contributed by atoms with Crippen molar-refractivity contribution in [2.45, 2.75) is 0 Å². The van der Waals surface area contributed by atoms with Crippen molar-refractivity contribution in [3.05, 3.63) is 67.4 Å². The van der Waals surface area contributed by atoms with Gasteiger partial charge < -0.3 is 10.7 Å². The number of aromatic amines is 2. The summed E-state index contributed by atoms with van der Waals surface area (Å²) in [6.45, 7) is 0. The summed E-state index contributed by atoms with van der Waals surface area (Å²) in [5.41, 5.74) is 7.94. The minimum absolute atomic E-state index is 0.0683. The molecule has 0 fully saturated rings. The maximum atomic E-state index is 14.1. The lowest BCUT2D eigenvalue weighted by Gasteiger charge is -2.14. The van der Waals surface area contributed by atoms with E-state index in [0.717, 1.165) is 19.7 Å². The summed E-state index contributed by atoms with van der Waals surface area (Å²) in [5.74, 6) is -0.421. The van der Waals surface area contributed by atoms with Crippen LogP contribution in [0.5, 0.6) is 0 Å². The van der Waals surface area contributed by atoms with Crippen LogP contribution < -0.4 is 11.3 Å². The molecule has 2 heterocycles. The smallest absolute Gasteiger partial charge is 0.272 e. The van der Waals surface area contributed by atoms with Gasteiger partial charge in [0, 0.05) is 30.3 Å². The van der Waals surface area contributed by atoms with Gasteiger partial charge >= 0.3 is 0 Å². The largest absolute Gasteiger partial charge is 0.394 e. The predicted octanol–water partition coefficient (Wildman–Crippen LogP) is 5.20. The first-order valence-electron chi connectivity index (χ1n) is 8.31. The van der Waals surface area contributed by atoms with Crippen LogP contribution in [0.4, 0.5) is 10.1 Å². The number of aromatic nitrogens is 3. The number of anilines is 1. The molecule has 0 saturated carbocycles. The number of halogens is 3. The van der Waals surface area contributed by atoms with Gasteiger partial charge in [-0.1, -0.05) is 23.7 Å². The summed E-state index contributed by atoms with van der Waals surface area (Å²) >= 11 is 8.45. The van der Waals surface area contributed by atoms with Crippen LogP contribution >= 0.6 is 34.2 Å². The van der Waals surface area contributed by atoms with E-state index in [0.29, 0.717) is 27.1 Å². The van der Waals surface area contributed by atoms with Crippen molar-refractivity contribution in [2.75, 3.05) is 5.73 Å². The fourth-order valence-electron chi connectivity index (χ4n) is 3.63. The summed E-state index contributed by atoms with van der Waals surface area (Å²) in [6, 6.07) is 10.5. The van der Waals surface area contributed by atoms with E-state index in [1.54, 1.807) is 6.07 Å². The second-order valence-electron chi connectivity index (χ2n) is 6.47. The number of hydrogen-bond donors (Lipinski definition) is 3.